The van der Waals surface area contributed by atoms with Gasteiger partial charge in [0.1, 0.15) is 0 Å². The normalized spacial score (nSPS) is 24.1. The molecular formula is C18H27BrN2. The van der Waals surface area contributed by atoms with Gasteiger partial charge in [-0.05, 0) is 61.9 Å². The van der Waals surface area contributed by atoms with Crippen molar-refractivity contribution < 1.29 is 0 Å². The van der Waals surface area contributed by atoms with E-state index in [2.05, 4.69) is 45.1 Å². The van der Waals surface area contributed by atoms with Gasteiger partial charge in [0.25, 0.3) is 0 Å². The van der Waals surface area contributed by atoms with Crippen molar-refractivity contribution in [1.29, 1.82) is 0 Å². The third-order valence-corrected chi connectivity index (χ3v) is 6.16. The summed E-state index contributed by atoms with van der Waals surface area (Å²) in [5, 5.41) is 0. The lowest BCUT2D eigenvalue weighted by atomic mass is 9.68. The maximum absolute atomic E-state index is 6.10. The summed E-state index contributed by atoms with van der Waals surface area (Å²) in [4.78, 5) is 2.61. The number of nitrogens with zero attached hydrogens (tertiary/aromatic N) is 1. The first kappa shape index (κ1) is 15.5. The van der Waals surface area contributed by atoms with Crippen molar-refractivity contribution in [1.82, 2.24) is 4.90 Å². The minimum atomic E-state index is 0.378. The van der Waals surface area contributed by atoms with Gasteiger partial charge in [0.2, 0.25) is 0 Å². The molecule has 2 fully saturated rings. The smallest absolute Gasteiger partial charge is 0.0470 e. The Morgan fingerprint density at radius 3 is 2.43 bits per heavy atom. The van der Waals surface area contributed by atoms with Gasteiger partial charge in [0.05, 0.1) is 0 Å². The molecule has 2 nitrogen and oxygen atoms in total. The summed E-state index contributed by atoms with van der Waals surface area (Å²) in [7, 11) is 0. The molecular weight excluding hydrogens is 324 g/mol. The molecule has 0 bridgehead atoms. The molecule has 1 saturated carbocycles. The van der Waals surface area contributed by atoms with Gasteiger partial charge in [-0.1, -0.05) is 47.3 Å². The molecule has 1 aliphatic heterocycles. The molecule has 0 radical (unpaired) electrons. The molecule has 1 heterocycles. The van der Waals surface area contributed by atoms with Crippen molar-refractivity contribution >= 4 is 15.9 Å². The fraction of sp³-hybridized carbons (Fsp3) is 0.667. The quantitative estimate of drug-likeness (QED) is 0.869. The summed E-state index contributed by atoms with van der Waals surface area (Å²) in [6, 6.07) is 9.03. The van der Waals surface area contributed by atoms with Gasteiger partial charge >= 0.3 is 0 Å². The van der Waals surface area contributed by atoms with Gasteiger partial charge < -0.3 is 5.73 Å². The Hall–Kier alpha value is -0.380. The Morgan fingerprint density at radius 2 is 1.81 bits per heavy atom. The zero-order valence-corrected chi connectivity index (χ0v) is 14.4. The molecule has 1 aliphatic carbocycles. The molecule has 1 atom stereocenters. The molecule has 21 heavy (non-hydrogen) atoms. The van der Waals surface area contributed by atoms with Gasteiger partial charge in [-0.2, -0.15) is 0 Å². The monoisotopic (exact) mass is 350 g/mol. The molecule has 1 aromatic rings. The van der Waals surface area contributed by atoms with Crippen molar-refractivity contribution in [2.24, 2.45) is 11.1 Å². The van der Waals surface area contributed by atoms with E-state index in [4.69, 9.17) is 5.73 Å². The van der Waals surface area contributed by atoms with E-state index in [9.17, 15) is 0 Å². The van der Waals surface area contributed by atoms with Crippen LogP contribution in [0, 0.1) is 5.41 Å². The van der Waals surface area contributed by atoms with Gasteiger partial charge in [-0.15, -0.1) is 0 Å². The average Bonchev–Trinajstić information content (AvgIpc) is 2.51. The van der Waals surface area contributed by atoms with Gasteiger partial charge in [-0.3, -0.25) is 4.90 Å². The minimum Gasteiger partial charge on any atom is -0.329 e. The van der Waals surface area contributed by atoms with Crippen LogP contribution in [0.25, 0.3) is 0 Å². The largest absolute Gasteiger partial charge is 0.329 e. The van der Waals surface area contributed by atoms with Crippen LogP contribution in [-0.2, 0) is 0 Å². The zero-order valence-electron chi connectivity index (χ0n) is 12.9. The lowest BCUT2D eigenvalue weighted by molar-refractivity contribution is 0.0464. The summed E-state index contributed by atoms with van der Waals surface area (Å²) in [6.45, 7) is 3.15. The number of piperidine rings is 1. The molecule has 1 spiro atoms. The van der Waals surface area contributed by atoms with E-state index in [0.717, 1.165) is 4.47 Å². The van der Waals surface area contributed by atoms with E-state index in [1.807, 2.05) is 0 Å². The lowest BCUT2D eigenvalue weighted by Crippen LogP contribution is -2.44. The lowest BCUT2D eigenvalue weighted by Gasteiger charge is -2.46. The van der Waals surface area contributed by atoms with E-state index < -0.39 is 0 Å². The second kappa shape index (κ2) is 6.80. The number of halogens is 1. The van der Waals surface area contributed by atoms with Crippen molar-refractivity contribution in [3.63, 3.8) is 0 Å². The summed E-state index contributed by atoms with van der Waals surface area (Å²) < 4.78 is 1.15. The van der Waals surface area contributed by atoms with Crippen LogP contribution in [0.4, 0.5) is 0 Å². The number of likely N-dealkylation sites (tertiary alicyclic amines) is 1. The van der Waals surface area contributed by atoms with Crippen molar-refractivity contribution in [2.75, 3.05) is 19.6 Å². The maximum Gasteiger partial charge on any atom is 0.0470 e. The van der Waals surface area contributed by atoms with Crippen molar-refractivity contribution in [2.45, 2.75) is 51.0 Å². The first-order chi connectivity index (χ1) is 10.2. The molecule has 2 aliphatic rings. The fourth-order valence-corrected chi connectivity index (χ4v) is 4.74. The fourth-order valence-electron chi connectivity index (χ4n) is 4.32. The molecule has 0 aromatic heterocycles. The summed E-state index contributed by atoms with van der Waals surface area (Å²) in [5.74, 6) is 0. The van der Waals surface area contributed by atoms with Crippen LogP contribution in [0.2, 0.25) is 0 Å². The summed E-state index contributed by atoms with van der Waals surface area (Å²) in [5.41, 5.74) is 8.12. The van der Waals surface area contributed by atoms with E-state index in [-0.39, 0.29) is 0 Å². The van der Waals surface area contributed by atoms with Crippen LogP contribution in [-0.4, -0.2) is 24.5 Å². The maximum atomic E-state index is 6.10. The standard InChI is InChI=1S/C18H27BrN2/c19-16-6-4-5-15(13-16)17(14-20)21-11-9-18(10-12-21)7-2-1-3-8-18/h4-6,13,17H,1-3,7-12,14,20H2. The van der Waals surface area contributed by atoms with Crippen LogP contribution in [0.3, 0.4) is 0 Å². The molecule has 1 saturated heterocycles. The highest BCUT2D eigenvalue weighted by Gasteiger charge is 2.37. The SMILES string of the molecule is NCC(c1cccc(Br)c1)N1CCC2(CCCCC2)CC1. The van der Waals surface area contributed by atoms with Crippen molar-refractivity contribution in [3.8, 4) is 0 Å². The third-order valence-electron chi connectivity index (χ3n) is 5.67. The van der Waals surface area contributed by atoms with Crippen LogP contribution in [0.5, 0.6) is 0 Å². The summed E-state index contributed by atoms with van der Waals surface area (Å²) >= 11 is 3.58. The topological polar surface area (TPSA) is 29.3 Å². The molecule has 2 N–H and O–H groups in total. The Bertz CT molecular complexity index is 458. The Labute approximate surface area is 137 Å². The van der Waals surface area contributed by atoms with Gasteiger partial charge in [0, 0.05) is 17.1 Å². The Balaban J connectivity index is 1.67. The Morgan fingerprint density at radius 1 is 1.10 bits per heavy atom. The molecule has 1 unspecified atom stereocenters. The van der Waals surface area contributed by atoms with Gasteiger partial charge in [-0.25, -0.2) is 0 Å². The molecule has 3 heteroatoms. The number of hydrogen-bond donors (Lipinski definition) is 1. The Kier molecular flexibility index (Phi) is 5.03. The zero-order chi connectivity index (χ0) is 14.7. The summed E-state index contributed by atoms with van der Waals surface area (Å²) in [6.07, 6.45) is 10.0. The molecule has 1 aromatic carbocycles. The van der Waals surface area contributed by atoms with Crippen LogP contribution in [0.15, 0.2) is 28.7 Å². The molecule has 3 rings (SSSR count). The highest BCUT2D eigenvalue weighted by atomic mass is 79.9. The minimum absolute atomic E-state index is 0.378. The number of rotatable bonds is 3. The van der Waals surface area contributed by atoms with Gasteiger partial charge in [0.15, 0.2) is 0 Å². The first-order valence-corrected chi connectivity index (χ1v) is 9.21. The number of nitrogens with two attached hydrogens (primary N) is 1. The second-order valence-electron chi connectivity index (χ2n) is 6.90. The number of hydrogen-bond acceptors (Lipinski definition) is 2. The highest BCUT2D eigenvalue weighted by Crippen LogP contribution is 2.45. The predicted molar refractivity (Wildman–Crippen MR) is 92.3 cm³/mol. The molecule has 0 amide bonds. The van der Waals surface area contributed by atoms with E-state index in [1.54, 1.807) is 0 Å². The highest BCUT2D eigenvalue weighted by molar-refractivity contribution is 9.10. The number of benzene rings is 1. The second-order valence-corrected chi connectivity index (χ2v) is 7.82. The predicted octanol–water partition coefficient (Wildman–Crippen LogP) is 4.50. The molecule has 116 valence electrons. The van der Waals surface area contributed by atoms with Crippen LogP contribution >= 0.6 is 15.9 Å². The van der Waals surface area contributed by atoms with Crippen LogP contribution in [0.1, 0.15) is 56.6 Å². The first-order valence-electron chi connectivity index (χ1n) is 8.42. The van der Waals surface area contributed by atoms with E-state index in [0.29, 0.717) is 18.0 Å². The van der Waals surface area contributed by atoms with E-state index in [1.165, 1.54) is 63.6 Å². The van der Waals surface area contributed by atoms with Crippen LogP contribution < -0.4 is 5.73 Å². The van der Waals surface area contributed by atoms with E-state index >= 15 is 0 Å². The van der Waals surface area contributed by atoms with Crippen molar-refractivity contribution in [3.05, 3.63) is 34.3 Å². The average molecular weight is 351 g/mol. The third kappa shape index (κ3) is 3.52.